The van der Waals surface area contributed by atoms with Gasteiger partial charge in [-0.05, 0) is 73.1 Å². The highest BCUT2D eigenvalue weighted by molar-refractivity contribution is 5.89. The van der Waals surface area contributed by atoms with Crippen molar-refractivity contribution in [3.63, 3.8) is 0 Å². The zero-order chi connectivity index (χ0) is 27.3. The van der Waals surface area contributed by atoms with E-state index in [-0.39, 0.29) is 31.0 Å². The molecule has 1 N–H and O–H groups in total. The van der Waals surface area contributed by atoms with Crippen molar-refractivity contribution in [2.75, 3.05) is 46.2 Å². The van der Waals surface area contributed by atoms with Crippen LogP contribution in [-0.2, 0) is 18.9 Å². The van der Waals surface area contributed by atoms with Gasteiger partial charge < -0.3 is 24.3 Å². The lowest BCUT2D eigenvalue weighted by atomic mass is 9.81. The van der Waals surface area contributed by atoms with Crippen molar-refractivity contribution in [1.82, 2.24) is 5.32 Å². The number of carbonyl (C=O) groups is 1. The summed E-state index contributed by atoms with van der Waals surface area (Å²) in [5.41, 5.74) is 3.23. The molecular formula is C33H44ClNO5. The van der Waals surface area contributed by atoms with E-state index in [1.54, 1.807) is 0 Å². The first-order valence-electron chi connectivity index (χ1n) is 14.4. The van der Waals surface area contributed by atoms with E-state index >= 15 is 0 Å². The summed E-state index contributed by atoms with van der Waals surface area (Å²) in [6.45, 7) is 7.63. The Morgan fingerprint density at radius 3 is 2.27 bits per heavy atom. The Bertz CT molecular complexity index is 1150. The van der Waals surface area contributed by atoms with Gasteiger partial charge in [0.05, 0.1) is 38.6 Å². The molecule has 0 amide bonds. The van der Waals surface area contributed by atoms with Crippen LogP contribution in [0.15, 0.2) is 66.7 Å². The van der Waals surface area contributed by atoms with E-state index < -0.39 is 0 Å². The van der Waals surface area contributed by atoms with E-state index in [4.69, 9.17) is 18.9 Å². The van der Waals surface area contributed by atoms with E-state index in [1.807, 2.05) is 19.1 Å². The summed E-state index contributed by atoms with van der Waals surface area (Å²) in [5.74, 6) is 0.176. The van der Waals surface area contributed by atoms with E-state index in [0.717, 1.165) is 6.42 Å². The van der Waals surface area contributed by atoms with E-state index in [9.17, 15) is 4.79 Å². The van der Waals surface area contributed by atoms with Gasteiger partial charge in [0.1, 0.15) is 6.61 Å². The second kappa shape index (κ2) is 17.4. The van der Waals surface area contributed by atoms with Crippen LogP contribution in [0.3, 0.4) is 0 Å². The zero-order valence-corrected chi connectivity index (χ0v) is 24.6. The molecule has 40 heavy (non-hydrogen) atoms. The molecule has 4 rings (SSSR count). The molecule has 218 valence electrons. The van der Waals surface area contributed by atoms with Gasteiger partial charge in [-0.25, -0.2) is 4.79 Å². The average molecular weight is 570 g/mol. The van der Waals surface area contributed by atoms with Crippen LogP contribution in [0.25, 0.3) is 10.8 Å². The predicted molar refractivity (Wildman–Crippen MR) is 163 cm³/mol. The maximum absolute atomic E-state index is 12.4. The fourth-order valence-electron chi connectivity index (χ4n) is 5.47. The second-order valence-electron chi connectivity index (χ2n) is 10.2. The number of hydrogen-bond acceptors (Lipinski definition) is 6. The number of nitrogens with one attached hydrogen (secondary N) is 1. The van der Waals surface area contributed by atoms with Crippen LogP contribution >= 0.6 is 12.4 Å². The molecular weight excluding hydrogens is 526 g/mol. The Morgan fingerprint density at radius 1 is 0.850 bits per heavy atom. The molecule has 6 nitrogen and oxygen atoms in total. The molecule has 0 bridgehead atoms. The molecule has 3 atom stereocenters. The molecule has 0 heterocycles. The monoisotopic (exact) mass is 569 g/mol. The first kappa shape index (κ1) is 32.0. The van der Waals surface area contributed by atoms with Crippen molar-refractivity contribution >= 4 is 29.1 Å². The summed E-state index contributed by atoms with van der Waals surface area (Å²) in [5, 5.41) is 6.52. The van der Waals surface area contributed by atoms with E-state index in [0.29, 0.717) is 57.2 Å². The summed E-state index contributed by atoms with van der Waals surface area (Å²) in [4.78, 5) is 12.4. The van der Waals surface area contributed by atoms with Gasteiger partial charge >= 0.3 is 5.97 Å². The van der Waals surface area contributed by atoms with Crippen molar-refractivity contribution in [3.8, 4) is 0 Å². The minimum Gasteiger partial charge on any atom is -0.460 e. The van der Waals surface area contributed by atoms with Crippen molar-refractivity contribution in [2.24, 2.45) is 0 Å². The van der Waals surface area contributed by atoms with Crippen LogP contribution in [0.2, 0.25) is 0 Å². The smallest absolute Gasteiger partial charge is 0.338 e. The van der Waals surface area contributed by atoms with Crippen LogP contribution in [0.5, 0.6) is 0 Å². The largest absolute Gasteiger partial charge is 0.460 e. The minimum absolute atomic E-state index is 0. The molecule has 0 spiro atoms. The van der Waals surface area contributed by atoms with Gasteiger partial charge in [0, 0.05) is 18.7 Å². The van der Waals surface area contributed by atoms with E-state index in [2.05, 4.69) is 66.8 Å². The molecule has 3 aromatic rings. The van der Waals surface area contributed by atoms with Crippen LogP contribution in [0.1, 0.15) is 73.0 Å². The van der Waals surface area contributed by atoms with Gasteiger partial charge in [0.25, 0.3) is 0 Å². The number of hydrogen-bond donors (Lipinski definition) is 1. The predicted octanol–water partition coefficient (Wildman–Crippen LogP) is 6.87. The maximum atomic E-state index is 12.4. The number of esters is 1. The van der Waals surface area contributed by atoms with Crippen molar-refractivity contribution < 1.29 is 23.7 Å². The highest BCUT2D eigenvalue weighted by Gasteiger charge is 2.25. The number of carbonyl (C=O) groups excluding carboxylic acids is 1. The third-order valence-electron chi connectivity index (χ3n) is 7.48. The Morgan fingerprint density at radius 2 is 1.52 bits per heavy atom. The fraction of sp³-hybridized carbons (Fsp3) is 0.485. The summed E-state index contributed by atoms with van der Waals surface area (Å²) < 4.78 is 21.4. The molecule has 2 unspecified atom stereocenters. The Hall–Kier alpha value is -2.48. The molecule has 0 saturated heterocycles. The van der Waals surface area contributed by atoms with Gasteiger partial charge in [-0.15, -0.1) is 12.4 Å². The molecule has 0 aliphatic heterocycles. The normalized spacial score (nSPS) is 17.8. The van der Waals surface area contributed by atoms with Crippen LogP contribution < -0.4 is 5.32 Å². The average Bonchev–Trinajstić information content (AvgIpc) is 2.98. The van der Waals surface area contributed by atoms with Crippen molar-refractivity contribution in [1.29, 1.82) is 0 Å². The van der Waals surface area contributed by atoms with Crippen LogP contribution in [0, 0.1) is 0 Å². The number of rotatable bonds is 15. The van der Waals surface area contributed by atoms with Gasteiger partial charge in [0.2, 0.25) is 0 Å². The number of ether oxygens (including phenoxy) is 4. The lowest BCUT2D eigenvalue weighted by molar-refractivity contribution is 0.00180. The van der Waals surface area contributed by atoms with E-state index in [1.165, 1.54) is 41.2 Å². The lowest BCUT2D eigenvalue weighted by Crippen LogP contribution is -2.35. The lowest BCUT2D eigenvalue weighted by Gasteiger charge is -2.32. The quantitative estimate of drug-likeness (QED) is 0.159. The highest BCUT2D eigenvalue weighted by atomic mass is 35.5. The van der Waals surface area contributed by atoms with Gasteiger partial charge in [-0.2, -0.15) is 0 Å². The summed E-state index contributed by atoms with van der Waals surface area (Å²) >= 11 is 0. The molecule has 0 aromatic heterocycles. The highest BCUT2D eigenvalue weighted by Crippen LogP contribution is 2.34. The standard InChI is InChI=1S/C33H43NO5.ClH/c1-3-36-18-19-37-20-21-38-22-23-39-33(35)28-16-14-26(15-17-28)29-10-6-11-30(24-29)34-25(2)31-13-7-9-27-8-4-5-12-32(27)31;/h4-5,7-9,12-17,25,29-30,34H,3,6,10-11,18-24H2,1-2H3;1H/t25-,29?,30?;/m1./s1. The number of fused-ring (bicyclic) bond motifs is 1. The number of halogens is 1. The van der Waals surface area contributed by atoms with Gasteiger partial charge in [-0.1, -0.05) is 61.0 Å². The second-order valence-corrected chi connectivity index (χ2v) is 10.2. The summed E-state index contributed by atoms with van der Waals surface area (Å²) in [6, 6.07) is 23.9. The van der Waals surface area contributed by atoms with Crippen LogP contribution in [-0.4, -0.2) is 58.3 Å². The van der Waals surface area contributed by atoms with Crippen molar-refractivity contribution in [3.05, 3.63) is 83.4 Å². The minimum atomic E-state index is -0.315. The Kier molecular flexibility index (Phi) is 13.9. The number of benzene rings is 3. The Labute approximate surface area is 245 Å². The molecule has 1 saturated carbocycles. The third kappa shape index (κ3) is 9.57. The summed E-state index contributed by atoms with van der Waals surface area (Å²) in [6.07, 6.45) is 4.67. The first-order valence-corrected chi connectivity index (χ1v) is 14.4. The molecule has 1 aliphatic rings. The molecule has 7 heteroatoms. The Balaban J connectivity index is 0.00000441. The van der Waals surface area contributed by atoms with Gasteiger partial charge in [0.15, 0.2) is 0 Å². The summed E-state index contributed by atoms with van der Waals surface area (Å²) in [7, 11) is 0. The first-order chi connectivity index (χ1) is 19.2. The third-order valence-corrected chi connectivity index (χ3v) is 7.48. The maximum Gasteiger partial charge on any atom is 0.338 e. The molecule has 1 fully saturated rings. The topological polar surface area (TPSA) is 66.0 Å². The molecule has 1 aliphatic carbocycles. The van der Waals surface area contributed by atoms with Gasteiger partial charge in [-0.3, -0.25) is 0 Å². The molecule has 3 aromatic carbocycles. The van der Waals surface area contributed by atoms with Crippen LogP contribution in [0.4, 0.5) is 0 Å². The zero-order valence-electron chi connectivity index (χ0n) is 23.8. The fourth-order valence-corrected chi connectivity index (χ4v) is 5.47. The van der Waals surface area contributed by atoms with Crippen molar-refractivity contribution in [2.45, 2.75) is 57.5 Å². The SMILES string of the molecule is CCOCCOCCOCCOC(=O)c1ccc(C2CCCC(N[C@H](C)c3cccc4ccccc34)C2)cc1.Cl. The molecule has 0 radical (unpaired) electrons.